The molecule has 0 aliphatic rings. The lowest BCUT2D eigenvalue weighted by atomic mass is 9.92. The van der Waals surface area contributed by atoms with Crippen molar-refractivity contribution in [3.05, 3.63) is 71.8 Å². The SMILES string of the molecule is CC(C)(C)OC(=O)N[C@@H](CCCCNC(=O)OCc1ccccc1)C(=O)N[C@@H](CC(Cc1ccccc1)C(=O)O)C(N)=O. The molecule has 12 nitrogen and oxygen atoms in total. The average molecular weight is 599 g/mol. The number of hydrogen-bond acceptors (Lipinski definition) is 7. The molecule has 4 amide bonds. The number of carboxylic acid groups (broad SMARTS) is 1. The van der Waals surface area contributed by atoms with Gasteiger partial charge in [-0.1, -0.05) is 60.7 Å². The first-order chi connectivity index (χ1) is 20.3. The lowest BCUT2D eigenvalue weighted by Gasteiger charge is -2.25. The lowest BCUT2D eigenvalue weighted by Crippen LogP contribution is -2.54. The molecule has 0 aliphatic carbocycles. The Morgan fingerprint density at radius 2 is 1.44 bits per heavy atom. The van der Waals surface area contributed by atoms with Crippen molar-refractivity contribution in [2.75, 3.05) is 6.54 Å². The number of nitrogens with one attached hydrogen (secondary N) is 3. The minimum atomic E-state index is -1.29. The summed E-state index contributed by atoms with van der Waals surface area (Å²) in [5.41, 5.74) is 6.31. The zero-order chi connectivity index (χ0) is 31.8. The van der Waals surface area contributed by atoms with Crippen LogP contribution in [0.2, 0.25) is 0 Å². The van der Waals surface area contributed by atoms with Gasteiger partial charge in [-0.05, 0) is 64.0 Å². The van der Waals surface area contributed by atoms with Crippen LogP contribution in [0.5, 0.6) is 0 Å². The van der Waals surface area contributed by atoms with Gasteiger partial charge in [0.2, 0.25) is 11.8 Å². The van der Waals surface area contributed by atoms with Gasteiger partial charge in [-0.15, -0.1) is 0 Å². The van der Waals surface area contributed by atoms with E-state index in [-0.39, 0.29) is 32.4 Å². The largest absolute Gasteiger partial charge is 0.481 e. The van der Waals surface area contributed by atoms with Crippen LogP contribution in [0.4, 0.5) is 9.59 Å². The van der Waals surface area contributed by atoms with Gasteiger partial charge in [-0.3, -0.25) is 14.4 Å². The van der Waals surface area contributed by atoms with E-state index in [0.29, 0.717) is 12.8 Å². The summed E-state index contributed by atoms with van der Waals surface area (Å²) in [5, 5.41) is 17.4. The molecule has 2 aromatic carbocycles. The summed E-state index contributed by atoms with van der Waals surface area (Å²) in [7, 11) is 0. The molecule has 43 heavy (non-hydrogen) atoms. The van der Waals surface area contributed by atoms with Crippen LogP contribution in [0.1, 0.15) is 57.6 Å². The van der Waals surface area contributed by atoms with Crippen LogP contribution in [0.15, 0.2) is 60.7 Å². The molecule has 234 valence electrons. The van der Waals surface area contributed by atoms with Gasteiger partial charge in [0.25, 0.3) is 0 Å². The second-order valence-corrected chi connectivity index (χ2v) is 11.1. The summed E-state index contributed by atoms with van der Waals surface area (Å²) in [6.07, 6.45) is -0.521. The number of primary amides is 1. The van der Waals surface area contributed by atoms with Crippen molar-refractivity contribution in [3.8, 4) is 0 Å². The third kappa shape index (κ3) is 14.2. The quantitative estimate of drug-likeness (QED) is 0.182. The fourth-order valence-corrected chi connectivity index (χ4v) is 4.13. The number of alkyl carbamates (subject to hydrolysis) is 2. The van der Waals surface area contributed by atoms with Crippen LogP contribution in [0.3, 0.4) is 0 Å². The Kier molecular flexibility index (Phi) is 14.0. The van der Waals surface area contributed by atoms with Gasteiger partial charge in [0, 0.05) is 6.54 Å². The predicted molar refractivity (Wildman–Crippen MR) is 159 cm³/mol. The van der Waals surface area contributed by atoms with E-state index in [9.17, 15) is 29.1 Å². The minimum absolute atomic E-state index is 0.129. The van der Waals surface area contributed by atoms with Gasteiger partial charge in [-0.2, -0.15) is 0 Å². The maximum absolute atomic E-state index is 13.2. The molecule has 1 unspecified atom stereocenters. The maximum Gasteiger partial charge on any atom is 0.408 e. The van der Waals surface area contributed by atoms with Crippen LogP contribution in [0.25, 0.3) is 0 Å². The number of nitrogens with two attached hydrogens (primary N) is 1. The van der Waals surface area contributed by atoms with Crippen molar-refractivity contribution in [2.45, 2.75) is 77.2 Å². The number of hydrogen-bond donors (Lipinski definition) is 5. The van der Waals surface area contributed by atoms with E-state index in [4.69, 9.17) is 15.2 Å². The van der Waals surface area contributed by atoms with E-state index >= 15 is 0 Å². The molecule has 0 fully saturated rings. The summed E-state index contributed by atoms with van der Waals surface area (Å²) in [5.74, 6) is -3.75. The molecule has 6 N–H and O–H groups in total. The fraction of sp³-hybridized carbons (Fsp3) is 0.452. The van der Waals surface area contributed by atoms with E-state index in [2.05, 4.69) is 16.0 Å². The highest BCUT2D eigenvalue weighted by atomic mass is 16.6. The van der Waals surface area contributed by atoms with Gasteiger partial charge in [0.05, 0.1) is 5.92 Å². The number of ether oxygens (including phenoxy) is 2. The summed E-state index contributed by atoms with van der Waals surface area (Å²) in [6.45, 7) is 5.41. The summed E-state index contributed by atoms with van der Waals surface area (Å²) >= 11 is 0. The topological polar surface area (TPSA) is 186 Å². The molecule has 0 radical (unpaired) electrons. The van der Waals surface area contributed by atoms with Crippen LogP contribution < -0.4 is 21.7 Å². The van der Waals surface area contributed by atoms with E-state index < -0.39 is 53.6 Å². The molecule has 12 heteroatoms. The molecular weight excluding hydrogens is 556 g/mol. The molecule has 0 spiro atoms. The molecule has 3 atom stereocenters. The summed E-state index contributed by atoms with van der Waals surface area (Å²) in [6, 6.07) is 15.7. The lowest BCUT2D eigenvalue weighted by molar-refractivity contribution is -0.142. The van der Waals surface area contributed by atoms with Gasteiger partial charge in [-0.25, -0.2) is 9.59 Å². The molecule has 0 saturated carbocycles. The standard InChI is InChI=1S/C31H42N4O8/c1-31(2,3)43-30(41)35-24(16-10-11-17-33-29(40)42-20-22-14-8-5-9-15-22)27(37)34-25(26(32)36)19-23(28(38)39)18-21-12-6-4-7-13-21/h4-9,12-15,23-25H,10-11,16-20H2,1-3H3,(H2,32,36)(H,33,40)(H,34,37)(H,35,41)(H,38,39)/t23?,24-,25-/m0/s1. The van der Waals surface area contributed by atoms with Gasteiger partial charge in [0.15, 0.2) is 0 Å². The summed E-state index contributed by atoms with van der Waals surface area (Å²) in [4.78, 5) is 61.9. The van der Waals surface area contributed by atoms with Gasteiger partial charge >= 0.3 is 18.2 Å². The first-order valence-electron chi connectivity index (χ1n) is 14.1. The molecule has 0 aliphatic heterocycles. The highest BCUT2D eigenvalue weighted by Gasteiger charge is 2.31. The smallest absolute Gasteiger partial charge is 0.408 e. The highest BCUT2D eigenvalue weighted by Crippen LogP contribution is 2.16. The molecule has 0 aromatic heterocycles. The Hall–Kier alpha value is -4.61. The predicted octanol–water partition coefficient (Wildman–Crippen LogP) is 3.28. The Bertz CT molecular complexity index is 1200. The zero-order valence-electron chi connectivity index (χ0n) is 24.8. The zero-order valence-corrected chi connectivity index (χ0v) is 24.8. The van der Waals surface area contributed by atoms with Crippen LogP contribution in [0, 0.1) is 5.92 Å². The molecule has 0 heterocycles. The monoisotopic (exact) mass is 598 g/mol. The van der Waals surface area contributed by atoms with Crippen LogP contribution >= 0.6 is 0 Å². The first kappa shape index (κ1) is 34.6. The Labute approximate surface area is 251 Å². The molecule has 2 rings (SSSR count). The van der Waals surface area contributed by atoms with Crippen LogP contribution in [-0.4, -0.2) is 59.3 Å². The number of aliphatic carboxylic acids is 1. The molecule has 2 aromatic rings. The van der Waals surface area contributed by atoms with Crippen molar-refractivity contribution >= 4 is 30.0 Å². The van der Waals surface area contributed by atoms with Crippen molar-refractivity contribution in [1.29, 1.82) is 0 Å². The number of carbonyl (C=O) groups excluding carboxylic acids is 4. The minimum Gasteiger partial charge on any atom is -0.481 e. The third-order valence-electron chi connectivity index (χ3n) is 6.26. The number of benzene rings is 2. The Morgan fingerprint density at radius 3 is 2.00 bits per heavy atom. The van der Waals surface area contributed by atoms with Gasteiger partial charge < -0.3 is 36.3 Å². The third-order valence-corrected chi connectivity index (χ3v) is 6.26. The molecule has 0 bridgehead atoms. The highest BCUT2D eigenvalue weighted by molar-refractivity contribution is 5.91. The fourth-order valence-electron chi connectivity index (χ4n) is 4.13. The normalized spacial score (nSPS) is 13.1. The molecular formula is C31H42N4O8. The number of unbranched alkanes of at least 4 members (excludes halogenated alkanes) is 1. The van der Waals surface area contributed by atoms with Crippen molar-refractivity contribution in [3.63, 3.8) is 0 Å². The summed E-state index contributed by atoms with van der Waals surface area (Å²) < 4.78 is 10.5. The second-order valence-electron chi connectivity index (χ2n) is 11.1. The van der Waals surface area contributed by atoms with Gasteiger partial charge in [0.1, 0.15) is 24.3 Å². The number of carbonyl (C=O) groups is 5. The second kappa shape index (κ2) is 17.4. The van der Waals surface area contributed by atoms with Crippen molar-refractivity contribution in [2.24, 2.45) is 11.7 Å². The van der Waals surface area contributed by atoms with E-state index in [1.807, 2.05) is 30.3 Å². The van der Waals surface area contributed by atoms with Crippen LogP contribution in [-0.2, 0) is 36.9 Å². The first-order valence-corrected chi connectivity index (χ1v) is 14.1. The Balaban J connectivity index is 1.97. The molecule has 0 saturated heterocycles. The number of amides is 4. The van der Waals surface area contributed by atoms with E-state index in [0.717, 1.165) is 11.1 Å². The van der Waals surface area contributed by atoms with Crippen molar-refractivity contribution < 1.29 is 38.6 Å². The van der Waals surface area contributed by atoms with Crippen molar-refractivity contribution in [1.82, 2.24) is 16.0 Å². The number of carboxylic acids is 1. The number of rotatable bonds is 16. The Morgan fingerprint density at radius 1 is 0.837 bits per heavy atom. The van der Waals surface area contributed by atoms with E-state index in [1.165, 1.54) is 0 Å². The maximum atomic E-state index is 13.2. The average Bonchev–Trinajstić information content (AvgIpc) is 2.94. The van der Waals surface area contributed by atoms with E-state index in [1.54, 1.807) is 51.1 Å².